The minimum absolute atomic E-state index is 0. The van der Waals surface area contributed by atoms with Crippen molar-refractivity contribution in [3.8, 4) is 0 Å². The largest absolute Gasteiger partial charge is 0.369 e. The highest BCUT2D eigenvalue weighted by atomic mass is 127. The summed E-state index contributed by atoms with van der Waals surface area (Å²) < 4.78 is 13.0. The molecule has 0 radical (unpaired) electrons. The van der Waals surface area contributed by atoms with Gasteiger partial charge in [-0.15, -0.1) is 24.0 Å². The molecule has 0 spiro atoms. The Bertz CT molecular complexity index is 544. The van der Waals surface area contributed by atoms with Gasteiger partial charge in [0.1, 0.15) is 5.82 Å². The van der Waals surface area contributed by atoms with Gasteiger partial charge in [-0.2, -0.15) is 0 Å². The van der Waals surface area contributed by atoms with E-state index in [1.165, 1.54) is 25.0 Å². The van der Waals surface area contributed by atoms with E-state index in [0.717, 1.165) is 31.2 Å². The zero-order valence-corrected chi connectivity index (χ0v) is 16.3. The molecular weight excluding hydrogens is 422 g/mol. The molecule has 1 heterocycles. The molecule has 5 nitrogen and oxygen atoms in total. The number of nitrogens with one attached hydrogen (secondary N) is 1. The molecule has 1 unspecified atom stereocenters. The molecule has 1 fully saturated rings. The van der Waals surface area contributed by atoms with Gasteiger partial charge in [0.25, 0.3) is 0 Å². The van der Waals surface area contributed by atoms with Crippen molar-refractivity contribution in [3.63, 3.8) is 0 Å². The van der Waals surface area contributed by atoms with Gasteiger partial charge in [0.15, 0.2) is 5.96 Å². The van der Waals surface area contributed by atoms with Crippen LogP contribution in [0.4, 0.5) is 4.39 Å². The van der Waals surface area contributed by atoms with Crippen LogP contribution in [0, 0.1) is 11.7 Å². The van der Waals surface area contributed by atoms with Crippen LogP contribution in [0.1, 0.15) is 25.3 Å². The number of nitrogens with two attached hydrogens (primary N) is 1. The van der Waals surface area contributed by atoms with Crippen molar-refractivity contribution in [3.05, 3.63) is 35.6 Å². The number of halogens is 2. The number of primary amides is 1. The minimum atomic E-state index is -0.392. The SMILES string of the molecule is CCNC(=NCC(Cc1ccc(F)cc1)C(N)=O)N1CCCC1.I. The monoisotopic (exact) mass is 448 g/mol. The number of likely N-dealkylation sites (tertiary alicyclic amines) is 1. The number of nitrogens with zero attached hydrogens (tertiary/aromatic N) is 2. The van der Waals surface area contributed by atoms with Gasteiger partial charge in [-0.05, 0) is 43.9 Å². The van der Waals surface area contributed by atoms with Crippen LogP contribution in [0.15, 0.2) is 29.3 Å². The number of hydrogen-bond acceptors (Lipinski definition) is 2. The Morgan fingerprint density at radius 1 is 1.33 bits per heavy atom. The van der Waals surface area contributed by atoms with Gasteiger partial charge in [-0.25, -0.2) is 4.39 Å². The van der Waals surface area contributed by atoms with Crippen LogP contribution < -0.4 is 11.1 Å². The third kappa shape index (κ3) is 6.26. The van der Waals surface area contributed by atoms with Gasteiger partial charge in [-0.1, -0.05) is 12.1 Å². The summed E-state index contributed by atoms with van der Waals surface area (Å²) in [5, 5.41) is 3.26. The fraction of sp³-hybridized carbons (Fsp3) is 0.529. The summed E-state index contributed by atoms with van der Waals surface area (Å²) in [6, 6.07) is 6.15. The first kappa shape index (κ1) is 20.7. The standard InChI is InChI=1S/C17H25FN4O.HI/c1-2-20-17(22-9-3-4-10-22)21-12-14(16(19)23)11-13-5-7-15(18)8-6-13;/h5-8,14H,2-4,9-12H2,1H3,(H2,19,23)(H,20,21);1H. The third-order valence-corrected chi connectivity index (χ3v) is 4.00. The Balaban J connectivity index is 0.00000288. The molecule has 2 rings (SSSR count). The Morgan fingerprint density at radius 2 is 1.96 bits per heavy atom. The van der Waals surface area contributed by atoms with Crippen LogP contribution in [-0.4, -0.2) is 42.9 Å². The summed E-state index contributed by atoms with van der Waals surface area (Å²) in [5.41, 5.74) is 6.40. The number of amides is 1. The zero-order chi connectivity index (χ0) is 16.7. The fourth-order valence-corrected chi connectivity index (χ4v) is 2.71. The number of aliphatic imine (C=N–C) groups is 1. The van der Waals surface area contributed by atoms with Crippen molar-refractivity contribution < 1.29 is 9.18 Å². The number of carbonyl (C=O) groups is 1. The second-order valence-corrected chi connectivity index (χ2v) is 5.82. The van der Waals surface area contributed by atoms with Crippen LogP contribution in [0.5, 0.6) is 0 Å². The van der Waals surface area contributed by atoms with Crippen molar-refractivity contribution >= 4 is 35.8 Å². The lowest BCUT2D eigenvalue weighted by Gasteiger charge is -2.21. The van der Waals surface area contributed by atoms with E-state index in [1.54, 1.807) is 12.1 Å². The molecule has 0 bridgehead atoms. The van der Waals surface area contributed by atoms with Crippen molar-refractivity contribution in [2.24, 2.45) is 16.6 Å². The maximum absolute atomic E-state index is 13.0. The van der Waals surface area contributed by atoms with Gasteiger partial charge in [0.05, 0.1) is 12.5 Å². The zero-order valence-electron chi connectivity index (χ0n) is 14.0. The molecule has 1 aromatic carbocycles. The summed E-state index contributed by atoms with van der Waals surface area (Å²) in [4.78, 5) is 18.5. The van der Waals surface area contributed by atoms with Crippen molar-refractivity contribution in [2.45, 2.75) is 26.2 Å². The molecule has 1 aromatic rings. The Kier molecular flexibility index (Phi) is 9.02. The fourth-order valence-electron chi connectivity index (χ4n) is 2.71. The Labute approximate surface area is 159 Å². The van der Waals surface area contributed by atoms with Gasteiger partial charge in [-0.3, -0.25) is 9.79 Å². The Morgan fingerprint density at radius 3 is 2.50 bits per heavy atom. The molecule has 134 valence electrons. The van der Waals surface area contributed by atoms with Crippen molar-refractivity contribution in [1.82, 2.24) is 10.2 Å². The lowest BCUT2D eigenvalue weighted by atomic mass is 9.99. The molecule has 0 aliphatic carbocycles. The number of hydrogen-bond donors (Lipinski definition) is 2. The quantitative estimate of drug-likeness (QED) is 0.398. The number of rotatable bonds is 6. The Hall–Kier alpha value is -1.38. The first-order chi connectivity index (χ1) is 11.1. The molecule has 0 aromatic heterocycles. The molecule has 1 amide bonds. The molecule has 1 saturated heterocycles. The van der Waals surface area contributed by atoms with E-state index < -0.39 is 5.92 Å². The lowest BCUT2D eigenvalue weighted by Crippen LogP contribution is -2.40. The minimum Gasteiger partial charge on any atom is -0.369 e. The van der Waals surface area contributed by atoms with Crippen LogP contribution in [0.25, 0.3) is 0 Å². The second kappa shape index (κ2) is 10.5. The normalized spacial score (nSPS) is 15.8. The van der Waals surface area contributed by atoms with Crippen LogP contribution in [0.2, 0.25) is 0 Å². The summed E-state index contributed by atoms with van der Waals surface area (Å²) >= 11 is 0. The van der Waals surface area contributed by atoms with Gasteiger partial charge in [0, 0.05) is 19.6 Å². The molecule has 1 aliphatic rings. The first-order valence-electron chi connectivity index (χ1n) is 8.17. The summed E-state index contributed by atoms with van der Waals surface area (Å²) in [6.07, 6.45) is 2.80. The predicted molar refractivity (Wildman–Crippen MR) is 105 cm³/mol. The number of benzene rings is 1. The van der Waals surface area contributed by atoms with E-state index in [2.05, 4.69) is 15.2 Å². The van der Waals surface area contributed by atoms with Crippen molar-refractivity contribution in [2.75, 3.05) is 26.2 Å². The summed E-state index contributed by atoms with van der Waals surface area (Å²) in [6.45, 7) is 5.13. The van der Waals surface area contributed by atoms with Gasteiger partial charge >= 0.3 is 0 Å². The molecular formula is C17H26FIN4O. The van der Waals surface area contributed by atoms with E-state index in [-0.39, 0.29) is 35.7 Å². The maximum Gasteiger partial charge on any atom is 0.222 e. The highest BCUT2D eigenvalue weighted by Crippen LogP contribution is 2.12. The van der Waals surface area contributed by atoms with E-state index >= 15 is 0 Å². The molecule has 24 heavy (non-hydrogen) atoms. The molecule has 1 atom stereocenters. The van der Waals surface area contributed by atoms with Crippen molar-refractivity contribution in [1.29, 1.82) is 0 Å². The summed E-state index contributed by atoms with van der Waals surface area (Å²) in [7, 11) is 0. The van der Waals surface area contributed by atoms with Crippen LogP contribution >= 0.6 is 24.0 Å². The van der Waals surface area contributed by atoms with Crippen LogP contribution in [-0.2, 0) is 11.2 Å². The van der Waals surface area contributed by atoms with E-state index in [4.69, 9.17) is 5.73 Å². The number of guanidine groups is 1. The van der Waals surface area contributed by atoms with E-state index in [0.29, 0.717) is 13.0 Å². The first-order valence-corrected chi connectivity index (χ1v) is 8.17. The highest BCUT2D eigenvalue weighted by Gasteiger charge is 2.19. The van der Waals surface area contributed by atoms with Gasteiger partial charge < -0.3 is 16.0 Å². The van der Waals surface area contributed by atoms with E-state index in [1.807, 2.05) is 6.92 Å². The topological polar surface area (TPSA) is 70.7 Å². The van der Waals surface area contributed by atoms with E-state index in [9.17, 15) is 9.18 Å². The smallest absolute Gasteiger partial charge is 0.222 e. The maximum atomic E-state index is 13.0. The van der Waals surface area contributed by atoms with Gasteiger partial charge in [0.2, 0.25) is 5.91 Å². The average molecular weight is 448 g/mol. The number of carbonyl (C=O) groups excluding carboxylic acids is 1. The highest BCUT2D eigenvalue weighted by molar-refractivity contribution is 14.0. The molecule has 0 saturated carbocycles. The molecule has 1 aliphatic heterocycles. The average Bonchev–Trinajstić information content (AvgIpc) is 3.06. The molecule has 3 N–H and O–H groups in total. The predicted octanol–water partition coefficient (Wildman–Crippen LogP) is 2.15. The van der Waals surface area contributed by atoms with Crippen LogP contribution in [0.3, 0.4) is 0 Å². The molecule has 7 heteroatoms. The lowest BCUT2D eigenvalue weighted by molar-refractivity contribution is -0.121. The summed E-state index contributed by atoms with van der Waals surface area (Å²) in [5.74, 6) is -0.215. The third-order valence-electron chi connectivity index (χ3n) is 4.00. The second-order valence-electron chi connectivity index (χ2n) is 5.82.